The number of sulfone groups is 1. The van der Waals surface area contributed by atoms with Gasteiger partial charge in [0.25, 0.3) is 0 Å². The number of hydrogen-bond donors (Lipinski definition) is 1. The lowest BCUT2D eigenvalue weighted by atomic mass is 10.1. The number of aromatic nitrogens is 2. The highest BCUT2D eigenvalue weighted by molar-refractivity contribution is 7.92. The van der Waals surface area contributed by atoms with Crippen molar-refractivity contribution < 1.29 is 13.2 Å². The van der Waals surface area contributed by atoms with Gasteiger partial charge in [-0.1, -0.05) is 6.92 Å². The van der Waals surface area contributed by atoms with Crippen molar-refractivity contribution in [3.8, 4) is 0 Å². The van der Waals surface area contributed by atoms with E-state index in [0.29, 0.717) is 13.0 Å². The predicted octanol–water partition coefficient (Wildman–Crippen LogP) is 0.836. The highest BCUT2D eigenvalue weighted by atomic mass is 32.2. The minimum absolute atomic E-state index is 0.0297. The minimum atomic E-state index is -3.35. The molecule has 1 amide bonds. The average molecular weight is 313 g/mol. The number of carbonyl (C=O) groups is 1. The number of aryl methyl sites for hydroxylation is 2. The summed E-state index contributed by atoms with van der Waals surface area (Å²) in [5, 5.41) is 1.88. The lowest BCUT2D eigenvalue weighted by Crippen LogP contribution is -2.47. The van der Waals surface area contributed by atoms with Gasteiger partial charge in [0.15, 0.2) is 9.84 Å². The van der Waals surface area contributed by atoms with E-state index in [4.69, 9.17) is 0 Å². The Hall–Kier alpha value is -1.37. The van der Waals surface area contributed by atoms with Gasteiger partial charge >= 0.3 is 0 Å². The van der Waals surface area contributed by atoms with Gasteiger partial charge < -0.3 is 9.88 Å². The van der Waals surface area contributed by atoms with Gasteiger partial charge in [0, 0.05) is 25.2 Å². The fraction of sp³-hybridized carbons (Fsp3) is 0.714. The molecule has 1 aliphatic heterocycles. The maximum absolute atomic E-state index is 12.1. The normalized spacial score (nSPS) is 19.9. The van der Waals surface area contributed by atoms with E-state index in [0.717, 1.165) is 24.4 Å². The number of rotatable bonds is 5. The standard InChI is InChI=1S/C14H23N3O3S/c1-4-7-21(19,20)11(3)14(18)16-12-5-6-13-15-10(2)8-17(13)9-12/h8,11-12H,4-7,9H2,1-3H3,(H,16,18). The molecule has 2 atom stereocenters. The molecule has 2 heterocycles. The summed E-state index contributed by atoms with van der Waals surface area (Å²) in [7, 11) is -3.35. The zero-order valence-electron chi connectivity index (χ0n) is 12.8. The molecule has 1 N–H and O–H groups in total. The molecule has 0 saturated carbocycles. The zero-order chi connectivity index (χ0) is 15.6. The molecule has 7 heteroatoms. The first-order valence-electron chi connectivity index (χ1n) is 7.38. The van der Waals surface area contributed by atoms with Crippen molar-refractivity contribution in [2.45, 2.75) is 57.9 Å². The van der Waals surface area contributed by atoms with E-state index < -0.39 is 21.0 Å². The number of nitrogens with one attached hydrogen (secondary N) is 1. The summed E-state index contributed by atoms with van der Waals surface area (Å²) in [6, 6.07) is -0.0297. The maximum atomic E-state index is 12.1. The Kier molecular flexibility index (Phi) is 4.70. The molecule has 0 aliphatic carbocycles. The molecule has 0 radical (unpaired) electrons. The molecule has 6 nitrogen and oxygen atoms in total. The quantitative estimate of drug-likeness (QED) is 0.873. The van der Waals surface area contributed by atoms with Crippen LogP contribution in [0.4, 0.5) is 0 Å². The van der Waals surface area contributed by atoms with Gasteiger partial charge in [-0.25, -0.2) is 13.4 Å². The Labute approximate surface area is 125 Å². The van der Waals surface area contributed by atoms with Crippen LogP contribution in [-0.4, -0.2) is 40.9 Å². The SMILES string of the molecule is CCCS(=O)(=O)C(C)C(=O)NC1CCc2nc(C)cn2C1. The monoisotopic (exact) mass is 313 g/mol. The number of imidazole rings is 1. The minimum Gasteiger partial charge on any atom is -0.350 e. The fourth-order valence-electron chi connectivity index (χ4n) is 2.65. The Bertz CT molecular complexity index is 621. The number of amides is 1. The summed E-state index contributed by atoms with van der Waals surface area (Å²) in [6.07, 6.45) is 4.09. The Morgan fingerprint density at radius 3 is 2.95 bits per heavy atom. The van der Waals surface area contributed by atoms with Crippen molar-refractivity contribution in [1.29, 1.82) is 0 Å². The van der Waals surface area contributed by atoms with E-state index in [1.54, 1.807) is 6.92 Å². The molecule has 0 bridgehead atoms. The Morgan fingerprint density at radius 2 is 2.29 bits per heavy atom. The predicted molar refractivity (Wildman–Crippen MR) is 80.8 cm³/mol. The van der Waals surface area contributed by atoms with E-state index >= 15 is 0 Å². The second kappa shape index (κ2) is 6.17. The average Bonchev–Trinajstić information content (AvgIpc) is 2.77. The highest BCUT2D eigenvalue weighted by Gasteiger charge is 2.29. The van der Waals surface area contributed by atoms with Gasteiger partial charge in [-0.2, -0.15) is 0 Å². The van der Waals surface area contributed by atoms with Crippen molar-refractivity contribution in [3.05, 3.63) is 17.7 Å². The van der Waals surface area contributed by atoms with Gasteiger partial charge in [0.2, 0.25) is 5.91 Å². The van der Waals surface area contributed by atoms with Gasteiger partial charge in [-0.15, -0.1) is 0 Å². The van der Waals surface area contributed by atoms with E-state index in [1.165, 1.54) is 6.92 Å². The van der Waals surface area contributed by atoms with Crippen LogP contribution in [0.2, 0.25) is 0 Å². The van der Waals surface area contributed by atoms with Crippen LogP contribution in [0.5, 0.6) is 0 Å². The summed E-state index contributed by atoms with van der Waals surface area (Å²) in [6.45, 7) is 5.86. The van der Waals surface area contributed by atoms with Gasteiger partial charge in [0.05, 0.1) is 11.4 Å². The molecular weight excluding hydrogens is 290 g/mol. The van der Waals surface area contributed by atoms with E-state index in [2.05, 4.69) is 10.3 Å². The third-order valence-electron chi connectivity index (χ3n) is 3.86. The summed E-state index contributed by atoms with van der Waals surface area (Å²) >= 11 is 0. The Morgan fingerprint density at radius 1 is 1.57 bits per heavy atom. The van der Waals surface area contributed by atoms with Crippen LogP contribution >= 0.6 is 0 Å². The van der Waals surface area contributed by atoms with Gasteiger partial charge in [0.1, 0.15) is 11.1 Å². The number of hydrogen-bond acceptors (Lipinski definition) is 4. The molecule has 0 fully saturated rings. The number of carbonyl (C=O) groups excluding carboxylic acids is 1. The first-order chi connectivity index (χ1) is 9.83. The molecular formula is C14H23N3O3S. The molecule has 21 heavy (non-hydrogen) atoms. The third-order valence-corrected chi connectivity index (χ3v) is 6.12. The molecule has 0 aromatic carbocycles. The first-order valence-corrected chi connectivity index (χ1v) is 9.09. The molecule has 2 rings (SSSR count). The zero-order valence-corrected chi connectivity index (χ0v) is 13.6. The molecule has 2 unspecified atom stereocenters. The van der Waals surface area contributed by atoms with Crippen LogP contribution in [0.25, 0.3) is 0 Å². The van der Waals surface area contributed by atoms with Crippen LogP contribution in [0.15, 0.2) is 6.20 Å². The molecule has 0 spiro atoms. The maximum Gasteiger partial charge on any atom is 0.238 e. The molecule has 1 aromatic rings. The smallest absolute Gasteiger partial charge is 0.238 e. The summed E-state index contributed by atoms with van der Waals surface area (Å²) in [5.41, 5.74) is 0.968. The van der Waals surface area contributed by atoms with Gasteiger partial charge in [-0.05, 0) is 26.7 Å². The van der Waals surface area contributed by atoms with E-state index in [1.807, 2.05) is 17.7 Å². The molecule has 1 aromatic heterocycles. The van der Waals surface area contributed by atoms with Crippen molar-refractivity contribution in [2.75, 3.05) is 5.75 Å². The summed E-state index contributed by atoms with van der Waals surface area (Å²) < 4.78 is 25.9. The second-order valence-corrected chi connectivity index (χ2v) is 8.15. The topological polar surface area (TPSA) is 81.1 Å². The summed E-state index contributed by atoms with van der Waals surface area (Å²) in [4.78, 5) is 16.6. The molecule has 1 aliphatic rings. The van der Waals surface area contributed by atoms with E-state index in [-0.39, 0.29) is 11.8 Å². The second-order valence-electron chi connectivity index (χ2n) is 5.70. The lowest BCUT2D eigenvalue weighted by molar-refractivity contribution is -0.121. The molecule has 0 saturated heterocycles. The van der Waals surface area contributed by atoms with Crippen molar-refractivity contribution in [2.24, 2.45) is 0 Å². The Balaban J connectivity index is 1.98. The lowest BCUT2D eigenvalue weighted by Gasteiger charge is -2.26. The van der Waals surface area contributed by atoms with Crippen LogP contribution in [0, 0.1) is 6.92 Å². The van der Waals surface area contributed by atoms with Crippen molar-refractivity contribution in [3.63, 3.8) is 0 Å². The molecule has 118 valence electrons. The highest BCUT2D eigenvalue weighted by Crippen LogP contribution is 2.15. The van der Waals surface area contributed by atoms with Crippen molar-refractivity contribution >= 4 is 15.7 Å². The number of nitrogens with zero attached hydrogens (tertiary/aromatic N) is 2. The van der Waals surface area contributed by atoms with Crippen molar-refractivity contribution in [1.82, 2.24) is 14.9 Å². The van der Waals surface area contributed by atoms with Gasteiger partial charge in [-0.3, -0.25) is 4.79 Å². The number of fused-ring (bicyclic) bond motifs is 1. The largest absolute Gasteiger partial charge is 0.350 e. The van der Waals surface area contributed by atoms with Crippen LogP contribution in [0.1, 0.15) is 38.2 Å². The third kappa shape index (κ3) is 3.64. The van der Waals surface area contributed by atoms with Crippen LogP contribution < -0.4 is 5.32 Å². The van der Waals surface area contributed by atoms with Crippen LogP contribution in [0.3, 0.4) is 0 Å². The van der Waals surface area contributed by atoms with E-state index in [9.17, 15) is 13.2 Å². The first kappa shape index (κ1) is 16.0. The van der Waals surface area contributed by atoms with Crippen LogP contribution in [-0.2, 0) is 27.6 Å². The fourth-order valence-corrected chi connectivity index (χ4v) is 3.96. The summed E-state index contributed by atoms with van der Waals surface area (Å²) in [5.74, 6) is 0.690.